The molecule has 0 aliphatic rings. The Morgan fingerprint density at radius 1 is 0.806 bits per heavy atom. The maximum atomic E-state index is 13.6. The summed E-state index contributed by atoms with van der Waals surface area (Å²) in [6, 6.07) is 19.1. The van der Waals surface area contributed by atoms with Gasteiger partial charge in [-0.25, -0.2) is 0 Å². The number of alkyl halides is 3. The van der Waals surface area contributed by atoms with E-state index in [1.165, 1.54) is 18.6 Å². The Morgan fingerprint density at radius 3 is 1.75 bits per heavy atom. The minimum absolute atomic E-state index is 0.103. The second-order valence-corrected chi connectivity index (χ2v) is 9.86. The van der Waals surface area contributed by atoms with Crippen molar-refractivity contribution in [2.24, 2.45) is 0 Å². The van der Waals surface area contributed by atoms with E-state index in [0.717, 1.165) is 29.7 Å². The number of hydrogen-bond acceptors (Lipinski definition) is 3. The van der Waals surface area contributed by atoms with Crippen molar-refractivity contribution < 1.29 is 27.9 Å². The van der Waals surface area contributed by atoms with Crippen LogP contribution in [0.3, 0.4) is 0 Å². The van der Waals surface area contributed by atoms with E-state index >= 15 is 0 Å². The van der Waals surface area contributed by atoms with Crippen LogP contribution in [0.15, 0.2) is 66.7 Å². The monoisotopic (exact) mass is 496 g/mol. The molecule has 3 aromatic rings. The quantitative estimate of drug-likeness (QED) is 0.343. The zero-order valence-corrected chi connectivity index (χ0v) is 21.2. The van der Waals surface area contributed by atoms with Gasteiger partial charge in [0.2, 0.25) is 0 Å². The summed E-state index contributed by atoms with van der Waals surface area (Å²) >= 11 is 0. The number of aliphatic hydroxyl groups is 1. The van der Waals surface area contributed by atoms with E-state index in [0.29, 0.717) is 12.5 Å². The van der Waals surface area contributed by atoms with Gasteiger partial charge in [0.15, 0.2) is 17.2 Å². The van der Waals surface area contributed by atoms with Gasteiger partial charge in [-0.05, 0) is 48.6 Å². The van der Waals surface area contributed by atoms with Crippen molar-refractivity contribution in [3.05, 3.63) is 106 Å². The molecule has 1 atom stereocenters. The summed E-state index contributed by atoms with van der Waals surface area (Å²) in [6.07, 6.45) is -4.21. The average molecular weight is 497 g/mol. The molecule has 0 fully saturated rings. The number of rotatable bonds is 8. The van der Waals surface area contributed by atoms with Gasteiger partial charge in [-0.3, -0.25) is 9.59 Å². The predicted molar refractivity (Wildman–Crippen MR) is 134 cm³/mol. The molecule has 3 aromatic carbocycles. The van der Waals surface area contributed by atoms with Gasteiger partial charge in [-0.1, -0.05) is 81.4 Å². The highest BCUT2D eigenvalue weighted by molar-refractivity contribution is 6.02. The third-order valence-electron chi connectivity index (χ3n) is 6.93. The third kappa shape index (κ3) is 5.44. The van der Waals surface area contributed by atoms with Crippen LogP contribution in [0.25, 0.3) is 0 Å². The van der Waals surface area contributed by atoms with Gasteiger partial charge in [0.25, 0.3) is 0 Å². The Labute approximate surface area is 210 Å². The number of benzene rings is 3. The van der Waals surface area contributed by atoms with Crippen molar-refractivity contribution in [1.29, 1.82) is 0 Å². The first-order chi connectivity index (χ1) is 16.7. The highest BCUT2D eigenvalue weighted by Crippen LogP contribution is 2.40. The summed E-state index contributed by atoms with van der Waals surface area (Å²) in [4.78, 5) is 25.0. The maximum Gasteiger partial charge on any atom is 0.421 e. The predicted octanol–water partition coefficient (Wildman–Crippen LogP) is 6.97. The Bertz CT molecular complexity index is 1250. The lowest BCUT2D eigenvalue weighted by atomic mass is 9.77. The maximum absolute atomic E-state index is 13.6. The molecular formula is C30H31F3O3. The zero-order chi connectivity index (χ0) is 26.9. The molecule has 0 spiro atoms. The van der Waals surface area contributed by atoms with Crippen molar-refractivity contribution in [2.45, 2.75) is 64.7 Å². The first-order valence-corrected chi connectivity index (χ1v) is 11.8. The van der Waals surface area contributed by atoms with Crippen LogP contribution in [0.2, 0.25) is 0 Å². The van der Waals surface area contributed by atoms with E-state index in [4.69, 9.17) is 0 Å². The fourth-order valence-electron chi connectivity index (χ4n) is 4.21. The summed E-state index contributed by atoms with van der Waals surface area (Å²) in [6.45, 7) is 8.18. The standard InChI is InChI=1S/C30H31F3O3/c1-6-20-7-12-23(13-8-20)28(3,4)24-14-9-21(10-15-24)17-27(35)25-18-22(19(2)34)11-16-26(25)29(5,36)30(31,32)33/h7-16,18,36H,6,17H2,1-5H3. The molecule has 0 heterocycles. The summed E-state index contributed by atoms with van der Waals surface area (Å²) < 4.78 is 40.7. The molecule has 1 unspecified atom stereocenters. The van der Waals surface area contributed by atoms with Crippen LogP contribution in [0, 0.1) is 0 Å². The van der Waals surface area contributed by atoms with Gasteiger partial charge in [0, 0.05) is 28.5 Å². The van der Waals surface area contributed by atoms with E-state index in [1.54, 1.807) is 12.1 Å². The van der Waals surface area contributed by atoms with Gasteiger partial charge in [0.05, 0.1) is 0 Å². The number of hydrogen-bond donors (Lipinski definition) is 1. The van der Waals surface area contributed by atoms with Gasteiger partial charge in [-0.2, -0.15) is 13.2 Å². The molecule has 190 valence electrons. The number of halogens is 3. The van der Waals surface area contributed by atoms with Crippen molar-refractivity contribution in [3.63, 3.8) is 0 Å². The van der Waals surface area contributed by atoms with Gasteiger partial charge < -0.3 is 5.11 Å². The number of ketones is 2. The lowest BCUT2D eigenvalue weighted by molar-refractivity contribution is -0.259. The lowest BCUT2D eigenvalue weighted by Crippen LogP contribution is -2.40. The van der Waals surface area contributed by atoms with E-state index in [-0.39, 0.29) is 28.7 Å². The Morgan fingerprint density at radius 2 is 1.31 bits per heavy atom. The molecule has 0 aliphatic heterocycles. The minimum atomic E-state index is -5.00. The van der Waals surface area contributed by atoms with Crippen LogP contribution in [0.4, 0.5) is 13.2 Å². The molecule has 0 aromatic heterocycles. The number of Topliss-reactive ketones (excluding diaryl/α,β-unsaturated/α-hetero) is 2. The minimum Gasteiger partial charge on any atom is -0.376 e. The van der Waals surface area contributed by atoms with Gasteiger partial charge in [-0.15, -0.1) is 0 Å². The topological polar surface area (TPSA) is 54.4 Å². The van der Waals surface area contributed by atoms with E-state index in [1.807, 2.05) is 12.1 Å². The summed E-state index contributed by atoms with van der Waals surface area (Å²) in [7, 11) is 0. The van der Waals surface area contributed by atoms with Gasteiger partial charge >= 0.3 is 6.18 Å². The third-order valence-corrected chi connectivity index (χ3v) is 6.93. The fraction of sp³-hybridized carbons (Fsp3) is 0.333. The molecule has 3 rings (SSSR count). The highest BCUT2D eigenvalue weighted by Gasteiger charge is 2.52. The smallest absolute Gasteiger partial charge is 0.376 e. The molecule has 6 heteroatoms. The van der Waals surface area contributed by atoms with E-state index in [9.17, 15) is 27.9 Å². The first kappa shape index (κ1) is 27.3. The summed E-state index contributed by atoms with van der Waals surface area (Å²) in [5, 5.41) is 10.3. The van der Waals surface area contributed by atoms with Crippen molar-refractivity contribution in [2.75, 3.05) is 0 Å². The van der Waals surface area contributed by atoms with Crippen LogP contribution in [0.1, 0.15) is 83.2 Å². The van der Waals surface area contributed by atoms with Crippen LogP contribution in [-0.4, -0.2) is 22.8 Å². The highest BCUT2D eigenvalue weighted by atomic mass is 19.4. The molecular weight excluding hydrogens is 465 g/mol. The number of carbonyl (C=O) groups excluding carboxylic acids is 2. The second-order valence-electron chi connectivity index (χ2n) is 9.86. The van der Waals surface area contributed by atoms with Crippen LogP contribution in [0.5, 0.6) is 0 Å². The first-order valence-electron chi connectivity index (χ1n) is 11.8. The fourth-order valence-corrected chi connectivity index (χ4v) is 4.21. The summed E-state index contributed by atoms with van der Waals surface area (Å²) in [5.41, 5.74) is -0.272. The Hall–Kier alpha value is -3.25. The zero-order valence-electron chi connectivity index (χ0n) is 21.2. The van der Waals surface area contributed by atoms with Crippen molar-refractivity contribution in [3.8, 4) is 0 Å². The van der Waals surface area contributed by atoms with Gasteiger partial charge in [0.1, 0.15) is 0 Å². The second kappa shape index (κ2) is 10.0. The average Bonchev–Trinajstić information content (AvgIpc) is 2.83. The largest absolute Gasteiger partial charge is 0.421 e. The molecule has 3 nitrogen and oxygen atoms in total. The SMILES string of the molecule is CCc1ccc(C(C)(C)c2ccc(CC(=O)c3cc(C(C)=O)ccc3C(C)(O)C(F)(F)F)cc2)cc1. The lowest BCUT2D eigenvalue weighted by Gasteiger charge is -2.29. The summed E-state index contributed by atoms with van der Waals surface area (Å²) in [5.74, 6) is -0.999. The molecule has 0 saturated carbocycles. The molecule has 36 heavy (non-hydrogen) atoms. The van der Waals surface area contributed by atoms with Crippen LogP contribution < -0.4 is 0 Å². The number of aryl methyl sites for hydroxylation is 1. The van der Waals surface area contributed by atoms with Crippen molar-refractivity contribution >= 4 is 11.6 Å². The molecule has 0 bridgehead atoms. The number of carbonyl (C=O) groups is 2. The molecule has 0 amide bonds. The molecule has 0 saturated heterocycles. The molecule has 1 N–H and O–H groups in total. The van der Waals surface area contributed by atoms with Crippen LogP contribution in [-0.2, 0) is 23.9 Å². The van der Waals surface area contributed by atoms with Crippen LogP contribution >= 0.6 is 0 Å². The normalized spacial score (nSPS) is 13.8. The molecule has 0 radical (unpaired) electrons. The van der Waals surface area contributed by atoms with E-state index in [2.05, 4.69) is 45.0 Å². The Kier molecular flexibility index (Phi) is 7.61. The van der Waals surface area contributed by atoms with E-state index < -0.39 is 23.1 Å². The Balaban J connectivity index is 1.91. The molecule has 0 aliphatic carbocycles. The van der Waals surface area contributed by atoms with Crippen molar-refractivity contribution in [1.82, 2.24) is 0 Å².